The first-order valence-corrected chi connectivity index (χ1v) is 16.4. The number of thioether (sulfide) groups is 1. The maximum absolute atomic E-state index is 14.9. The van der Waals surface area contributed by atoms with Gasteiger partial charge in [-0.15, -0.1) is 0 Å². The van der Waals surface area contributed by atoms with Gasteiger partial charge in [-0.05, 0) is 68.1 Å². The van der Waals surface area contributed by atoms with E-state index >= 15 is 0 Å². The monoisotopic (exact) mass is 597 g/mol. The van der Waals surface area contributed by atoms with Crippen molar-refractivity contribution in [1.82, 2.24) is 9.55 Å². The zero-order chi connectivity index (χ0) is 30.1. The lowest BCUT2D eigenvalue weighted by atomic mass is 9.62. The molecule has 5 aromatic rings. The molecule has 2 aliphatic rings. The van der Waals surface area contributed by atoms with Crippen molar-refractivity contribution in [3.8, 4) is 16.9 Å². The number of para-hydroxylation sites is 3. The molecular weight excluding hydrogens is 563 g/mol. The SMILES string of the molecule is CC(Sc1nc2c(c(=O)n1-c1ccccc1)C1(CCCCC1)Cc1ccccc1-2)C(=O)N(c1ccccc1)c1ccccc1. The summed E-state index contributed by atoms with van der Waals surface area (Å²) in [6, 6.07) is 37.6. The summed E-state index contributed by atoms with van der Waals surface area (Å²) in [4.78, 5) is 36.2. The molecule has 2 aliphatic carbocycles. The lowest BCUT2D eigenvalue weighted by Crippen LogP contribution is -2.43. The molecule has 5 nitrogen and oxygen atoms in total. The molecule has 44 heavy (non-hydrogen) atoms. The molecule has 1 amide bonds. The van der Waals surface area contributed by atoms with Crippen molar-refractivity contribution in [2.24, 2.45) is 0 Å². The van der Waals surface area contributed by atoms with Crippen molar-refractivity contribution in [2.45, 2.75) is 61.3 Å². The molecule has 7 rings (SSSR count). The molecule has 1 aromatic heterocycles. The van der Waals surface area contributed by atoms with Gasteiger partial charge in [0.2, 0.25) is 5.91 Å². The number of fused-ring (bicyclic) bond motifs is 4. The molecular formula is C38H35N3O2S. The fraction of sp³-hybridized carbons (Fsp3) is 0.237. The number of nitrogens with zero attached hydrogens (tertiary/aromatic N) is 3. The van der Waals surface area contributed by atoms with Gasteiger partial charge < -0.3 is 0 Å². The molecule has 4 aromatic carbocycles. The number of aromatic nitrogens is 2. The molecule has 1 spiro atoms. The van der Waals surface area contributed by atoms with E-state index in [0.717, 1.165) is 66.0 Å². The largest absolute Gasteiger partial charge is 0.280 e. The Hall–Kier alpha value is -4.42. The Balaban J connectivity index is 1.38. The van der Waals surface area contributed by atoms with Crippen LogP contribution in [0.25, 0.3) is 16.9 Å². The van der Waals surface area contributed by atoms with E-state index in [2.05, 4.69) is 18.2 Å². The third kappa shape index (κ3) is 5.07. The molecule has 6 heteroatoms. The van der Waals surface area contributed by atoms with Crippen molar-refractivity contribution in [3.63, 3.8) is 0 Å². The van der Waals surface area contributed by atoms with Crippen LogP contribution in [0.1, 0.15) is 50.2 Å². The van der Waals surface area contributed by atoms with E-state index in [1.54, 1.807) is 9.47 Å². The van der Waals surface area contributed by atoms with Gasteiger partial charge in [-0.2, -0.15) is 0 Å². The second kappa shape index (κ2) is 11.9. The van der Waals surface area contributed by atoms with Crippen LogP contribution in [0.3, 0.4) is 0 Å². The van der Waals surface area contributed by atoms with Crippen LogP contribution in [-0.4, -0.2) is 20.7 Å². The first-order chi connectivity index (χ1) is 21.6. The minimum absolute atomic E-state index is 0.0114. The highest BCUT2D eigenvalue weighted by Crippen LogP contribution is 2.49. The number of benzene rings is 4. The Morgan fingerprint density at radius 3 is 2.00 bits per heavy atom. The zero-order valence-corrected chi connectivity index (χ0v) is 25.7. The molecule has 1 heterocycles. The summed E-state index contributed by atoms with van der Waals surface area (Å²) in [6.07, 6.45) is 6.28. The quantitative estimate of drug-likeness (QED) is 0.145. The average molecular weight is 598 g/mol. The van der Waals surface area contributed by atoms with Crippen LogP contribution in [-0.2, 0) is 16.6 Å². The topological polar surface area (TPSA) is 55.2 Å². The van der Waals surface area contributed by atoms with E-state index in [1.807, 2.05) is 104 Å². The van der Waals surface area contributed by atoms with E-state index < -0.39 is 5.25 Å². The van der Waals surface area contributed by atoms with Gasteiger partial charge in [-0.1, -0.05) is 110 Å². The minimum atomic E-state index is -0.530. The van der Waals surface area contributed by atoms with Gasteiger partial charge in [0.05, 0.1) is 22.2 Å². The van der Waals surface area contributed by atoms with E-state index in [-0.39, 0.29) is 16.9 Å². The second-order valence-electron chi connectivity index (χ2n) is 11.9. The summed E-state index contributed by atoms with van der Waals surface area (Å²) in [5.41, 5.74) is 6.05. The van der Waals surface area contributed by atoms with E-state index in [4.69, 9.17) is 4.98 Å². The molecule has 1 atom stereocenters. The van der Waals surface area contributed by atoms with Gasteiger partial charge in [0.15, 0.2) is 5.16 Å². The molecule has 1 fully saturated rings. The third-order valence-electron chi connectivity index (χ3n) is 9.09. The van der Waals surface area contributed by atoms with Crippen molar-refractivity contribution in [2.75, 3.05) is 4.90 Å². The number of anilines is 2. The first-order valence-electron chi connectivity index (χ1n) is 15.5. The Morgan fingerprint density at radius 2 is 1.36 bits per heavy atom. The highest BCUT2D eigenvalue weighted by molar-refractivity contribution is 8.00. The smallest absolute Gasteiger partial charge is 0.263 e. The standard InChI is InChI=1S/C38H35N3O2S/c1-27(35(42)40(29-17-6-2-7-18-29)30-19-8-3-9-20-30)44-37-39-34-32-23-13-12-16-28(32)26-38(24-14-5-15-25-38)33(34)36(43)41(37)31-21-10-4-11-22-31/h2-4,6-13,16-23,27H,5,14-15,24-26H2,1H3. The predicted molar refractivity (Wildman–Crippen MR) is 179 cm³/mol. The van der Waals surface area contributed by atoms with Crippen molar-refractivity contribution in [1.29, 1.82) is 0 Å². The van der Waals surface area contributed by atoms with E-state index in [0.29, 0.717) is 5.16 Å². The maximum Gasteiger partial charge on any atom is 0.263 e. The van der Waals surface area contributed by atoms with E-state index in [9.17, 15) is 9.59 Å². The summed E-state index contributed by atoms with van der Waals surface area (Å²) in [6.45, 7) is 1.91. The third-order valence-corrected chi connectivity index (χ3v) is 10.1. The minimum Gasteiger partial charge on any atom is -0.280 e. The lowest BCUT2D eigenvalue weighted by Gasteiger charge is -2.42. The number of hydrogen-bond acceptors (Lipinski definition) is 4. The molecule has 0 radical (unpaired) electrons. The summed E-state index contributed by atoms with van der Waals surface area (Å²) in [7, 11) is 0. The molecule has 0 bridgehead atoms. The normalized spacial score (nSPS) is 15.7. The summed E-state index contributed by atoms with van der Waals surface area (Å²) in [5.74, 6) is -0.0804. The zero-order valence-electron chi connectivity index (χ0n) is 24.9. The summed E-state index contributed by atoms with van der Waals surface area (Å²) < 4.78 is 1.76. The Bertz CT molecular complexity index is 1810. The van der Waals surface area contributed by atoms with Gasteiger partial charge in [0, 0.05) is 22.4 Å². The van der Waals surface area contributed by atoms with Gasteiger partial charge >= 0.3 is 0 Å². The Morgan fingerprint density at radius 1 is 0.795 bits per heavy atom. The fourth-order valence-electron chi connectivity index (χ4n) is 7.02. The van der Waals surface area contributed by atoms with Crippen LogP contribution in [0.5, 0.6) is 0 Å². The average Bonchev–Trinajstić information content (AvgIpc) is 3.06. The molecule has 0 aliphatic heterocycles. The number of hydrogen-bond donors (Lipinski definition) is 0. The second-order valence-corrected chi connectivity index (χ2v) is 13.2. The number of rotatable bonds is 6. The van der Waals surface area contributed by atoms with Gasteiger partial charge in [-0.3, -0.25) is 19.1 Å². The number of amides is 1. The summed E-state index contributed by atoms with van der Waals surface area (Å²) in [5, 5.41) is 0.00216. The molecule has 1 unspecified atom stereocenters. The first kappa shape index (κ1) is 28.4. The molecule has 0 N–H and O–H groups in total. The van der Waals surface area contributed by atoms with Crippen molar-refractivity contribution < 1.29 is 4.79 Å². The van der Waals surface area contributed by atoms with Crippen LogP contribution >= 0.6 is 11.8 Å². The van der Waals surface area contributed by atoms with Crippen LogP contribution in [0.2, 0.25) is 0 Å². The van der Waals surface area contributed by atoms with E-state index in [1.165, 1.54) is 23.7 Å². The van der Waals surface area contributed by atoms with Crippen molar-refractivity contribution >= 4 is 29.0 Å². The highest BCUT2D eigenvalue weighted by atomic mass is 32.2. The highest BCUT2D eigenvalue weighted by Gasteiger charge is 2.44. The number of carbonyl (C=O) groups excluding carboxylic acids is 1. The maximum atomic E-state index is 14.9. The predicted octanol–water partition coefficient (Wildman–Crippen LogP) is 8.50. The van der Waals surface area contributed by atoms with Crippen LogP contribution in [0.4, 0.5) is 11.4 Å². The molecule has 0 saturated heterocycles. The van der Waals surface area contributed by atoms with Crippen LogP contribution in [0.15, 0.2) is 125 Å². The van der Waals surface area contributed by atoms with Gasteiger partial charge in [-0.25, -0.2) is 4.98 Å². The lowest BCUT2D eigenvalue weighted by molar-refractivity contribution is -0.117. The number of carbonyl (C=O) groups is 1. The fourth-order valence-corrected chi connectivity index (χ4v) is 7.98. The molecule has 220 valence electrons. The molecule has 1 saturated carbocycles. The van der Waals surface area contributed by atoms with Gasteiger partial charge in [0.1, 0.15) is 0 Å². The van der Waals surface area contributed by atoms with Crippen LogP contribution < -0.4 is 10.5 Å². The van der Waals surface area contributed by atoms with Crippen molar-refractivity contribution in [3.05, 3.63) is 137 Å². The Labute approximate surface area is 262 Å². The van der Waals surface area contributed by atoms with Gasteiger partial charge in [0.25, 0.3) is 5.56 Å². The Kier molecular flexibility index (Phi) is 7.69. The van der Waals surface area contributed by atoms with Crippen LogP contribution in [0, 0.1) is 0 Å². The summed E-state index contributed by atoms with van der Waals surface area (Å²) >= 11 is 1.35.